The lowest BCUT2D eigenvalue weighted by Crippen LogP contribution is -2.28. The first-order valence-corrected chi connectivity index (χ1v) is 7.24. The van der Waals surface area contributed by atoms with E-state index >= 15 is 0 Å². The highest BCUT2D eigenvalue weighted by Gasteiger charge is 2.31. The Labute approximate surface area is 145 Å². The van der Waals surface area contributed by atoms with Crippen LogP contribution in [0.25, 0.3) is 0 Å². The van der Waals surface area contributed by atoms with Crippen molar-refractivity contribution in [1.82, 2.24) is 4.57 Å². The van der Waals surface area contributed by atoms with E-state index in [-0.39, 0.29) is 6.61 Å². The summed E-state index contributed by atoms with van der Waals surface area (Å²) in [6.07, 6.45) is -4.03. The zero-order chi connectivity index (χ0) is 19.3. The number of rotatable bonds is 6. The number of amides is 2. The van der Waals surface area contributed by atoms with Gasteiger partial charge in [-0.15, -0.1) is 0 Å². The number of hydrogen-bond donors (Lipinski definition) is 2. The van der Waals surface area contributed by atoms with Gasteiger partial charge >= 0.3 is 6.18 Å². The lowest BCUT2D eigenvalue weighted by Gasteiger charge is -2.11. The average Bonchev–Trinajstić information content (AvgIpc) is 2.55. The average molecular weight is 369 g/mol. The van der Waals surface area contributed by atoms with Crippen LogP contribution < -0.4 is 21.3 Å². The number of aromatic nitrogens is 1. The second-order valence-electron chi connectivity index (χ2n) is 5.21. The second-order valence-corrected chi connectivity index (χ2v) is 5.21. The van der Waals surface area contributed by atoms with Gasteiger partial charge in [0, 0.05) is 18.0 Å². The van der Waals surface area contributed by atoms with Crippen LogP contribution in [-0.4, -0.2) is 23.0 Å². The SMILES string of the molecule is NC(=O)COc1ccc(NC(=O)Cn2cc(C(F)(F)F)ccc2=O)cc1. The fraction of sp³-hybridized carbons (Fsp3) is 0.188. The molecule has 10 heteroatoms. The monoisotopic (exact) mass is 369 g/mol. The first-order valence-electron chi connectivity index (χ1n) is 7.24. The molecule has 138 valence electrons. The minimum atomic E-state index is -4.62. The Morgan fingerprint density at radius 3 is 2.35 bits per heavy atom. The topological polar surface area (TPSA) is 103 Å². The molecule has 0 saturated heterocycles. The molecule has 0 spiro atoms. The molecule has 0 unspecified atom stereocenters. The van der Waals surface area contributed by atoms with Crippen molar-refractivity contribution in [1.29, 1.82) is 0 Å². The molecule has 0 aliphatic carbocycles. The molecule has 2 amide bonds. The molecule has 0 atom stereocenters. The Kier molecular flexibility index (Phi) is 5.65. The van der Waals surface area contributed by atoms with Gasteiger partial charge in [-0.2, -0.15) is 13.2 Å². The van der Waals surface area contributed by atoms with Crippen molar-refractivity contribution in [2.75, 3.05) is 11.9 Å². The Hall–Kier alpha value is -3.30. The van der Waals surface area contributed by atoms with Gasteiger partial charge in [-0.3, -0.25) is 14.4 Å². The zero-order valence-corrected chi connectivity index (χ0v) is 13.2. The van der Waals surface area contributed by atoms with E-state index in [1.807, 2.05) is 0 Å². The van der Waals surface area contributed by atoms with E-state index in [0.717, 1.165) is 6.07 Å². The van der Waals surface area contributed by atoms with Gasteiger partial charge in [-0.25, -0.2) is 0 Å². The molecule has 0 aliphatic rings. The first-order chi connectivity index (χ1) is 12.1. The van der Waals surface area contributed by atoms with Crippen molar-refractivity contribution in [2.45, 2.75) is 12.7 Å². The lowest BCUT2D eigenvalue weighted by molar-refractivity contribution is -0.138. The molecule has 0 bridgehead atoms. The van der Waals surface area contributed by atoms with Gasteiger partial charge in [0.2, 0.25) is 5.91 Å². The molecule has 0 radical (unpaired) electrons. The van der Waals surface area contributed by atoms with Crippen molar-refractivity contribution in [3.05, 3.63) is 58.5 Å². The van der Waals surface area contributed by atoms with E-state index < -0.39 is 35.7 Å². The van der Waals surface area contributed by atoms with Gasteiger partial charge in [0.15, 0.2) is 6.61 Å². The van der Waals surface area contributed by atoms with Crippen LogP contribution in [0.15, 0.2) is 47.4 Å². The maximum Gasteiger partial charge on any atom is 0.417 e. The summed E-state index contributed by atoms with van der Waals surface area (Å²) >= 11 is 0. The van der Waals surface area contributed by atoms with Crippen LogP contribution in [0.5, 0.6) is 5.75 Å². The molecular weight excluding hydrogens is 355 g/mol. The molecule has 7 nitrogen and oxygen atoms in total. The molecule has 1 heterocycles. The summed E-state index contributed by atoms with van der Waals surface area (Å²) in [5.74, 6) is -0.984. The third kappa shape index (κ3) is 5.36. The lowest BCUT2D eigenvalue weighted by atomic mass is 10.2. The van der Waals surface area contributed by atoms with Crippen molar-refractivity contribution in [3.8, 4) is 5.75 Å². The number of hydrogen-bond acceptors (Lipinski definition) is 4. The van der Waals surface area contributed by atoms with Crippen LogP contribution in [0.1, 0.15) is 5.56 Å². The molecule has 0 saturated carbocycles. The van der Waals surface area contributed by atoms with Crippen LogP contribution in [0.3, 0.4) is 0 Å². The van der Waals surface area contributed by atoms with E-state index in [1.165, 1.54) is 24.3 Å². The molecule has 3 N–H and O–H groups in total. The molecule has 0 aliphatic heterocycles. The fourth-order valence-corrected chi connectivity index (χ4v) is 1.97. The van der Waals surface area contributed by atoms with Gasteiger partial charge in [0.1, 0.15) is 12.3 Å². The predicted octanol–water partition coefficient (Wildman–Crippen LogP) is 1.37. The number of primary amides is 1. The summed E-state index contributed by atoms with van der Waals surface area (Å²) in [6, 6.07) is 7.26. The van der Waals surface area contributed by atoms with Gasteiger partial charge in [0.05, 0.1) is 5.56 Å². The van der Waals surface area contributed by atoms with E-state index in [9.17, 15) is 27.6 Å². The first kappa shape index (κ1) is 19.0. The quantitative estimate of drug-likeness (QED) is 0.803. The summed E-state index contributed by atoms with van der Waals surface area (Å²) in [7, 11) is 0. The minimum Gasteiger partial charge on any atom is -0.484 e. The fourth-order valence-electron chi connectivity index (χ4n) is 1.97. The van der Waals surface area contributed by atoms with Gasteiger partial charge in [0.25, 0.3) is 11.5 Å². The van der Waals surface area contributed by atoms with Gasteiger partial charge < -0.3 is 20.4 Å². The van der Waals surface area contributed by atoms with E-state index in [2.05, 4.69) is 5.32 Å². The maximum atomic E-state index is 12.7. The molecular formula is C16H14F3N3O4. The summed E-state index contributed by atoms with van der Waals surface area (Å²) in [5, 5.41) is 2.44. The normalized spacial score (nSPS) is 11.0. The third-order valence-electron chi connectivity index (χ3n) is 3.14. The Morgan fingerprint density at radius 1 is 1.12 bits per heavy atom. The van der Waals surface area contributed by atoms with Crippen molar-refractivity contribution < 1.29 is 27.5 Å². The number of nitrogens with two attached hydrogens (primary N) is 1. The molecule has 1 aromatic carbocycles. The highest BCUT2D eigenvalue weighted by Crippen LogP contribution is 2.28. The number of ether oxygens (including phenoxy) is 1. The number of alkyl halides is 3. The Balaban J connectivity index is 2.03. The molecule has 2 rings (SSSR count). The maximum absolute atomic E-state index is 12.7. The Bertz CT molecular complexity index is 860. The number of halogens is 3. The van der Waals surface area contributed by atoms with Crippen molar-refractivity contribution >= 4 is 17.5 Å². The molecule has 0 fully saturated rings. The van der Waals surface area contributed by atoms with Gasteiger partial charge in [-0.1, -0.05) is 0 Å². The number of anilines is 1. The zero-order valence-electron chi connectivity index (χ0n) is 13.2. The molecule has 1 aromatic heterocycles. The van der Waals surface area contributed by atoms with E-state index in [4.69, 9.17) is 10.5 Å². The number of nitrogens with one attached hydrogen (secondary N) is 1. The minimum absolute atomic E-state index is 0.301. The largest absolute Gasteiger partial charge is 0.484 e. The standard InChI is InChI=1S/C16H14F3N3O4/c17-16(18,19)10-1-6-15(25)22(7-10)8-14(24)21-11-2-4-12(5-3-11)26-9-13(20)23/h1-7H,8-9H2,(H2,20,23)(H,21,24). The summed E-state index contributed by atoms with van der Waals surface area (Å²) in [6.45, 7) is -0.882. The van der Waals surface area contributed by atoms with E-state index in [1.54, 1.807) is 0 Å². The van der Waals surface area contributed by atoms with Crippen LogP contribution in [-0.2, 0) is 22.3 Å². The van der Waals surface area contributed by atoms with Crippen molar-refractivity contribution in [3.63, 3.8) is 0 Å². The van der Waals surface area contributed by atoms with Crippen LogP contribution in [0.2, 0.25) is 0 Å². The second kappa shape index (κ2) is 7.72. The van der Waals surface area contributed by atoms with E-state index in [0.29, 0.717) is 28.3 Å². The summed E-state index contributed by atoms with van der Waals surface area (Å²) < 4.78 is 43.7. The smallest absolute Gasteiger partial charge is 0.417 e. The third-order valence-corrected chi connectivity index (χ3v) is 3.14. The molecule has 26 heavy (non-hydrogen) atoms. The number of pyridine rings is 1. The Morgan fingerprint density at radius 2 is 1.77 bits per heavy atom. The van der Waals surface area contributed by atoms with Gasteiger partial charge in [-0.05, 0) is 30.3 Å². The predicted molar refractivity (Wildman–Crippen MR) is 85.5 cm³/mol. The number of benzene rings is 1. The highest BCUT2D eigenvalue weighted by atomic mass is 19.4. The number of carbonyl (C=O) groups is 2. The summed E-state index contributed by atoms with van der Waals surface area (Å²) in [4.78, 5) is 34.2. The summed E-state index contributed by atoms with van der Waals surface area (Å²) in [5.41, 5.74) is 3.51. The number of carbonyl (C=O) groups excluding carboxylic acids is 2. The van der Waals surface area contributed by atoms with Crippen LogP contribution >= 0.6 is 0 Å². The van der Waals surface area contributed by atoms with Crippen LogP contribution in [0.4, 0.5) is 18.9 Å². The highest BCUT2D eigenvalue weighted by molar-refractivity contribution is 5.90. The van der Waals surface area contributed by atoms with Crippen LogP contribution in [0, 0.1) is 0 Å². The molecule has 2 aromatic rings. The van der Waals surface area contributed by atoms with Crippen molar-refractivity contribution in [2.24, 2.45) is 5.73 Å². The number of nitrogens with zero attached hydrogens (tertiary/aromatic N) is 1.